The first kappa shape index (κ1) is 26.0. The Morgan fingerprint density at radius 2 is 1.85 bits per heavy atom. The molecule has 11 heteroatoms. The lowest BCUT2D eigenvalue weighted by Crippen LogP contribution is -2.35. The summed E-state index contributed by atoms with van der Waals surface area (Å²) in [5.41, 5.74) is 1.45. The topological polar surface area (TPSA) is 111 Å². The summed E-state index contributed by atoms with van der Waals surface area (Å²) in [6.07, 6.45) is 0.696. The van der Waals surface area contributed by atoms with Gasteiger partial charge >= 0.3 is 11.9 Å². The molecule has 34 heavy (non-hydrogen) atoms. The zero-order valence-electron chi connectivity index (χ0n) is 19.5. The first-order chi connectivity index (χ1) is 16.0. The number of carbonyl (C=O) groups is 2. The number of benzene rings is 2. The van der Waals surface area contributed by atoms with E-state index in [9.17, 15) is 18.0 Å². The Morgan fingerprint density at radius 3 is 2.53 bits per heavy atom. The van der Waals surface area contributed by atoms with Crippen molar-refractivity contribution in [3.05, 3.63) is 53.6 Å². The fourth-order valence-corrected chi connectivity index (χ4v) is 5.59. The van der Waals surface area contributed by atoms with Crippen LogP contribution in [0.15, 0.2) is 47.4 Å². The zero-order valence-corrected chi connectivity index (χ0v) is 21.1. The van der Waals surface area contributed by atoms with Crippen molar-refractivity contribution in [3.63, 3.8) is 0 Å². The van der Waals surface area contributed by atoms with Crippen LogP contribution in [0.25, 0.3) is 0 Å². The largest absolute Gasteiger partial charge is 0.483 e. The van der Waals surface area contributed by atoms with Gasteiger partial charge in [-0.15, -0.1) is 3.71 Å². The maximum atomic E-state index is 13.1. The van der Waals surface area contributed by atoms with E-state index in [0.717, 1.165) is 14.8 Å². The number of hydrogen-bond donors (Lipinski definition) is 1. The van der Waals surface area contributed by atoms with E-state index >= 15 is 0 Å². The quantitative estimate of drug-likeness (QED) is 0.294. The van der Waals surface area contributed by atoms with E-state index < -0.39 is 34.1 Å². The molecular weight excluding hydrogens is 480 g/mol. The number of nitrogens with one attached hydrogen (secondary N) is 1. The van der Waals surface area contributed by atoms with Crippen molar-refractivity contribution in [3.8, 4) is 11.5 Å². The molecule has 0 saturated carbocycles. The van der Waals surface area contributed by atoms with Crippen molar-refractivity contribution in [1.29, 1.82) is 0 Å². The Hall–Kier alpha value is -2.60. The van der Waals surface area contributed by atoms with Gasteiger partial charge in [-0.05, 0) is 45.9 Å². The van der Waals surface area contributed by atoms with Crippen LogP contribution >= 0.6 is 12.1 Å². The molecule has 0 amide bonds. The molecule has 1 heterocycles. The number of hydrogen-bond acceptors (Lipinski definition) is 9. The van der Waals surface area contributed by atoms with Gasteiger partial charge < -0.3 is 14.2 Å². The molecule has 1 N–H and O–H groups in total. The molecule has 0 bridgehead atoms. The van der Waals surface area contributed by atoms with Crippen LogP contribution in [0.1, 0.15) is 31.9 Å². The Bertz CT molecular complexity index is 1150. The Labute approximate surface area is 204 Å². The molecule has 0 aromatic heterocycles. The third kappa shape index (κ3) is 6.50. The predicted molar refractivity (Wildman–Crippen MR) is 128 cm³/mol. The van der Waals surface area contributed by atoms with Gasteiger partial charge in [0.15, 0.2) is 11.5 Å². The van der Waals surface area contributed by atoms with Crippen LogP contribution in [-0.2, 0) is 30.8 Å². The Balaban J connectivity index is 1.65. The molecule has 1 aliphatic heterocycles. The van der Waals surface area contributed by atoms with Gasteiger partial charge in [-0.2, -0.15) is 0 Å². The average Bonchev–Trinajstić information content (AvgIpc) is 3.08. The number of sulfonamides is 1. The minimum Gasteiger partial charge on any atom is -0.483 e. The monoisotopic (exact) mass is 508 g/mol. The lowest BCUT2D eigenvalue weighted by molar-refractivity contribution is -0.142. The Morgan fingerprint density at radius 1 is 1.15 bits per heavy atom. The molecule has 2 aromatic rings. The third-order valence-corrected chi connectivity index (χ3v) is 7.76. The highest BCUT2D eigenvalue weighted by molar-refractivity contribution is 8.07. The number of ether oxygens (including phenoxy) is 3. The van der Waals surface area contributed by atoms with Crippen LogP contribution in [0.2, 0.25) is 0 Å². The molecule has 0 fully saturated rings. The van der Waals surface area contributed by atoms with Gasteiger partial charge in [-0.3, -0.25) is 9.59 Å². The molecule has 0 spiro atoms. The van der Waals surface area contributed by atoms with E-state index in [4.69, 9.17) is 14.2 Å². The highest BCUT2D eigenvalue weighted by Gasteiger charge is 2.33. The predicted octanol–water partition coefficient (Wildman–Crippen LogP) is 3.02. The summed E-state index contributed by atoms with van der Waals surface area (Å²) < 4.78 is 45.9. The summed E-state index contributed by atoms with van der Waals surface area (Å²) in [5, 5.41) is 0. The first-order valence-electron chi connectivity index (χ1n) is 10.7. The SMILES string of the molecule is CCOC(=O)CN(SNCC(=O)Oc1cccc2c1OC(C)(C)C2)S(=O)(=O)c1ccc(C)cc1. The van der Waals surface area contributed by atoms with Gasteiger partial charge in [0.05, 0.1) is 11.5 Å². The van der Waals surface area contributed by atoms with E-state index in [2.05, 4.69) is 4.72 Å². The lowest BCUT2D eigenvalue weighted by atomic mass is 10.0. The second-order valence-corrected chi connectivity index (χ2v) is 11.3. The van der Waals surface area contributed by atoms with Crippen molar-refractivity contribution in [2.45, 2.75) is 44.6 Å². The molecule has 3 rings (SSSR count). The van der Waals surface area contributed by atoms with Crippen molar-refractivity contribution >= 4 is 34.1 Å². The number of para-hydroxylation sites is 1. The number of esters is 2. The third-order valence-electron chi connectivity index (χ3n) is 4.81. The second kappa shape index (κ2) is 10.8. The van der Waals surface area contributed by atoms with Crippen molar-refractivity contribution in [2.24, 2.45) is 0 Å². The normalized spacial score (nSPS) is 14.4. The number of aryl methyl sites for hydroxylation is 1. The highest BCUT2D eigenvalue weighted by atomic mass is 32.3. The minimum absolute atomic E-state index is 0.0129. The van der Waals surface area contributed by atoms with Gasteiger partial charge in [0.25, 0.3) is 10.0 Å². The summed E-state index contributed by atoms with van der Waals surface area (Å²) in [6.45, 7) is 6.62. The molecule has 2 aromatic carbocycles. The van der Waals surface area contributed by atoms with Gasteiger partial charge in [0.2, 0.25) is 0 Å². The van der Waals surface area contributed by atoms with Crippen LogP contribution < -0.4 is 14.2 Å². The number of nitrogens with zero attached hydrogens (tertiary/aromatic N) is 1. The number of carbonyl (C=O) groups excluding carboxylic acids is 2. The van der Waals surface area contributed by atoms with E-state index in [1.165, 1.54) is 12.1 Å². The first-order valence-corrected chi connectivity index (χ1v) is 12.9. The fraction of sp³-hybridized carbons (Fsp3) is 0.391. The molecule has 0 aliphatic carbocycles. The van der Waals surface area contributed by atoms with E-state index in [1.54, 1.807) is 31.2 Å². The second-order valence-electron chi connectivity index (χ2n) is 8.25. The summed E-state index contributed by atoms with van der Waals surface area (Å²) in [5.74, 6) is -0.525. The summed E-state index contributed by atoms with van der Waals surface area (Å²) in [7, 11) is -4.05. The highest BCUT2D eigenvalue weighted by Crippen LogP contribution is 2.41. The zero-order chi connectivity index (χ0) is 24.9. The standard InChI is InChI=1S/C23H28N2O7S2/c1-5-30-21(27)15-25(34(28,29)18-11-9-16(2)10-12-18)33-24-14-20(26)31-19-8-6-7-17-13-23(3,4)32-22(17)19/h6-12,24H,5,13-15H2,1-4H3. The van der Waals surface area contributed by atoms with Gasteiger partial charge in [0.1, 0.15) is 18.7 Å². The van der Waals surface area contributed by atoms with Gasteiger partial charge in [-0.1, -0.05) is 29.8 Å². The molecule has 9 nitrogen and oxygen atoms in total. The summed E-state index contributed by atoms with van der Waals surface area (Å²) >= 11 is 0.608. The van der Waals surface area contributed by atoms with Gasteiger partial charge in [-0.25, -0.2) is 13.1 Å². The maximum absolute atomic E-state index is 13.1. The molecule has 0 unspecified atom stereocenters. The van der Waals surface area contributed by atoms with Crippen LogP contribution in [0.3, 0.4) is 0 Å². The Kier molecular flexibility index (Phi) is 8.24. The lowest BCUT2D eigenvalue weighted by Gasteiger charge is -2.20. The molecule has 184 valence electrons. The van der Waals surface area contributed by atoms with E-state index in [-0.39, 0.29) is 18.0 Å². The minimum atomic E-state index is -4.05. The fourth-order valence-electron chi connectivity index (χ4n) is 3.30. The molecule has 0 saturated heterocycles. The van der Waals surface area contributed by atoms with E-state index in [1.807, 2.05) is 26.8 Å². The summed E-state index contributed by atoms with van der Waals surface area (Å²) in [6, 6.07) is 11.6. The van der Waals surface area contributed by atoms with Gasteiger partial charge in [0, 0.05) is 24.1 Å². The van der Waals surface area contributed by atoms with Crippen LogP contribution in [0.4, 0.5) is 0 Å². The molecule has 0 radical (unpaired) electrons. The smallest absolute Gasteiger partial charge is 0.326 e. The van der Waals surface area contributed by atoms with E-state index in [0.29, 0.717) is 30.1 Å². The molecular formula is C23H28N2O7S2. The van der Waals surface area contributed by atoms with Crippen molar-refractivity contribution < 1.29 is 32.2 Å². The number of rotatable bonds is 10. The average molecular weight is 509 g/mol. The molecule has 1 aliphatic rings. The summed E-state index contributed by atoms with van der Waals surface area (Å²) in [4.78, 5) is 24.4. The molecule has 0 atom stereocenters. The van der Waals surface area contributed by atoms with Crippen molar-refractivity contribution in [2.75, 3.05) is 19.7 Å². The number of fused-ring (bicyclic) bond motifs is 1. The van der Waals surface area contributed by atoms with Crippen LogP contribution in [-0.4, -0.2) is 49.4 Å². The maximum Gasteiger partial charge on any atom is 0.326 e. The van der Waals surface area contributed by atoms with Crippen LogP contribution in [0, 0.1) is 6.92 Å². The van der Waals surface area contributed by atoms with Crippen molar-refractivity contribution in [1.82, 2.24) is 8.43 Å². The van der Waals surface area contributed by atoms with Crippen LogP contribution in [0.5, 0.6) is 11.5 Å².